The second-order valence-corrected chi connectivity index (χ2v) is 33.7. The Morgan fingerprint density at radius 2 is 0.891 bits per heavy atom. The average Bonchev–Trinajstić information content (AvgIpc) is 0.717. The van der Waals surface area contributed by atoms with Crippen LogP contribution in [0.2, 0.25) is 15.1 Å². The van der Waals surface area contributed by atoms with Gasteiger partial charge in [-0.3, -0.25) is 4.79 Å². The lowest BCUT2D eigenvalue weighted by Crippen LogP contribution is -2.42. The van der Waals surface area contributed by atoms with Gasteiger partial charge in [0.1, 0.15) is 33.0 Å². The molecular weight excluding hydrogens is 1890 g/mol. The van der Waals surface area contributed by atoms with E-state index in [2.05, 4.69) is 0 Å². The number of alkyl halides is 18. The molecule has 8 aromatic carbocycles. The van der Waals surface area contributed by atoms with Crippen LogP contribution >= 0.6 is 81.9 Å². The number of ketones is 1. The molecule has 8 aromatic rings. The van der Waals surface area contributed by atoms with E-state index in [1.54, 1.807) is 66.7 Å². The Balaban J connectivity index is 0.000000174. The topological polar surface area (TPSA) is 292 Å². The van der Waals surface area contributed by atoms with E-state index >= 15 is 0 Å². The van der Waals surface area contributed by atoms with Crippen molar-refractivity contribution in [2.75, 3.05) is 11.6 Å². The predicted octanol–water partition coefficient (Wildman–Crippen LogP) is 23.7. The normalized spacial score (nSPS) is 17.9. The summed E-state index contributed by atoms with van der Waals surface area (Å²) in [6.07, 6.45) is -27.0. The Morgan fingerprint density at radius 3 is 1.38 bits per heavy atom. The van der Waals surface area contributed by atoms with Crippen LogP contribution in [0.4, 0.5) is 93.5 Å². The number of hydrogen-bond acceptors (Lipinski definition) is 15. The van der Waals surface area contributed by atoms with Gasteiger partial charge in [0.25, 0.3) is 0 Å². The van der Waals surface area contributed by atoms with Crippen LogP contribution in [-0.4, -0.2) is 155 Å². The largest absolute Gasteiger partial charge is 0.508 e. The van der Waals surface area contributed by atoms with Crippen molar-refractivity contribution in [2.45, 2.75) is 117 Å². The molecule has 6 aliphatic heterocycles. The molecule has 128 heavy (non-hydrogen) atoms. The number of halogens is 23. The number of hydrogen-bond donors (Lipinski definition) is 8. The lowest BCUT2D eigenvalue weighted by atomic mass is 9.86. The molecule has 6 heterocycles. The minimum atomic E-state index is -4.89. The Hall–Kier alpha value is -11.2. The fourth-order valence-electron chi connectivity index (χ4n) is 12.4. The average molecular weight is 1950 g/mol. The molecule has 14 rings (SSSR count). The number of rotatable bonds is 10. The Bertz CT molecular complexity index is 5910. The van der Waals surface area contributed by atoms with Crippen molar-refractivity contribution in [3.63, 3.8) is 0 Å². The summed E-state index contributed by atoms with van der Waals surface area (Å²) in [5.74, 6) is -13.2. The first-order valence-corrected chi connectivity index (χ1v) is 40.5. The molecular formula is C84H56Cl3F20NO16S4. The molecule has 0 bridgehead atoms. The summed E-state index contributed by atoms with van der Waals surface area (Å²) in [6, 6.07) is 32.9. The highest BCUT2D eigenvalue weighted by atomic mass is 35.5. The maximum Gasteiger partial charge on any atom is 0.430 e. The first-order chi connectivity index (χ1) is 59.2. The molecule has 0 aromatic heterocycles. The number of aliphatic carboxylic acids is 6. The van der Waals surface area contributed by atoms with Crippen LogP contribution in [0.5, 0.6) is 17.2 Å². The van der Waals surface area contributed by atoms with Crippen LogP contribution in [0, 0.1) is 11.6 Å². The smallest absolute Gasteiger partial charge is 0.430 e. The van der Waals surface area contributed by atoms with Crippen molar-refractivity contribution >= 4 is 165 Å². The monoisotopic (exact) mass is 1950 g/mol. The third kappa shape index (κ3) is 24.4. The number of phenols is 1. The molecule has 0 amide bonds. The molecule has 0 spiro atoms. The quantitative estimate of drug-likeness (QED) is 0.0359. The zero-order valence-electron chi connectivity index (χ0n) is 64.4. The van der Waals surface area contributed by atoms with Gasteiger partial charge in [-0.05, 0) is 173 Å². The lowest BCUT2D eigenvalue weighted by molar-refractivity contribution is -0.187. The van der Waals surface area contributed by atoms with E-state index in [1.165, 1.54) is 84.6 Å². The third-order valence-corrected chi connectivity index (χ3v) is 24.0. The third-order valence-electron chi connectivity index (χ3n) is 18.2. The summed E-state index contributed by atoms with van der Waals surface area (Å²) in [5, 5.41) is 59.6. The maximum absolute atomic E-state index is 13.4. The van der Waals surface area contributed by atoms with Gasteiger partial charge in [0.15, 0.2) is 23.5 Å². The number of benzene rings is 8. The second kappa shape index (κ2) is 39.4. The summed E-state index contributed by atoms with van der Waals surface area (Å²) >= 11 is 20.4. The van der Waals surface area contributed by atoms with Crippen molar-refractivity contribution in [2.24, 2.45) is 0 Å². The fraction of sp³-hybridized carbons (Fsp3) is 0.202. The number of nitrogens with one attached hydrogen (secondary N) is 1. The van der Waals surface area contributed by atoms with Crippen molar-refractivity contribution in [3.05, 3.63) is 267 Å². The van der Waals surface area contributed by atoms with Crippen LogP contribution in [0.25, 0.3) is 36.0 Å². The molecule has 0 fully saturated rings. The van der Waals surface area contributed by atoms with E-state index in [-0.39, 0.29) is 87.3 Å². The summed E-state index contributed by atoms with van der Waals surface area (Å²) in [6.45, 7) is 5.97. The van der Waals surface area contributed by atoms with Gasteiger partial charge in [0.05, 0.1) is 38.5 Å². The van der Waals surface area contributed by atoms with Crippen LogP contribution in [-0.2, 0) is 34.2 Å². The van der Waals surface area contributed by atoms with Gasteiger partial charge >= 0.3 is 72.9 Å². The summed E-state index contributed by atoms with van der Waals surface area (Å²) in [4.78, 5) is 81.0. The van der Waals surface area contributed by atoms with Gasteiger partial charge in [-0.15, -0.1) is 47.0 Å². The van der Waals surface area contributed by atoms with E-state index in [0.717, 1.165) is 34.8 Å². The van der Waals surface area contributed by atoms with Crippen molar-refractivity contribution in [3.8, 4) is 17.2 Å². The molecule has 8 N–H and O–H groups in total. The molecule has 17 nitrogen and oxygen atoms in total. The predicted molar refractivity (Wildman–Crippen MR) is 435 cm³/mol. The zero-order chi connectivity index (χ0) is 95.5. The first-order valence-electron chi connectivity index (χ1n) is 35.5. The number of fused-ring (bicyclic) bond motifs is 6. The van der Waals surface area contributed by atoms with Crippen molar-refractivity contribution < 1.29 is 167 Å². The van der Waals surface area contributed by atoms with Crippen molar-refractivity contribution in [1.29, 1.82) is 0 Å². The van der Waals surface area contributed by atoms with Crippen LogP contribution in [0.3, 0.4) is 0 Å². The van der Waals surface area contributed by atoms with E-state index in [1.807, 2.05) is 32.3 Å². The zero-order valence-corrected chi connectivity index (χ0v) is 69.9. The Morgan fingerprint density at radius 1 is 0.422 bits per heavy atom. The van der Waals surface area contributed by atoms with Gasteiger partial charge in [-0.1, -0.05) is 98.0 Å². The molecule has 44 heteroatoms. The minimum absolute atomic E-state index is 0.0207. The summed E-state index contributed by atoms with van der Waals surface area (Å²) < 4.78 is 269. The summed E-state index contributed by atoms with van der Waals surface area (Å²) in [5.41, 5.74) is -2.13. The van der Waals surface area contributed by atoms with Crippen LogP contribution < -0.4 is 14.8 Å². The highest BCUT2D eigenvalue weighted by Crippen LogP contribution is 2.52. The number of carbonyl (C=O) groups excluding carboxylic acids is 1. The molecule has 6 atom stereocenters. The van der Waals surface area contributed by atoms with Crippen LogP contribution in [0.15, 0.2) is 205 Å². The van der Waals surface area contributed by atoms with Gasteiger partial charge in [-0.25, -0.2) is 37.5 Å². The molecule has 0 saturated carbocycles. The standard InChI is InChI=1S/C18H11F3O5.C17H10ClF3O3.C15H15F3O2S.C12H9F3O2S2.C11H5Cl2F3O2S.C11H6F5NO2/c19-18(20,21)16-13(17(24)25)8-11-7-10(3-6-14(11)26-16)15(23)9-1-4-12(22)5-2-9;18-10-6-7-12-11(8-10)13(9-4-2-1-3-5-9)14(16(22)23)15(24-12)17(19,20)21;1-14(2,3)9-4-5-11-8(6-9)7-10(13(19)20)12(21-11)15(16,17)18;1-18-7-2-3-9-6(4-7)5-8(11(16)17)10(19-9)12(13,14)15;12-5-1-4-2-6(10(17)18)9(11(14,15)16)19-8(4)7(13)3-5;12-6-2-4-1-5(10(18)19)9(11(14,15)16)17-8(4)3-7(6)13/h1-8,16,22H,(H,24,25);1-8,15H,(H,22,23);4-7,12H,1-3H3,(H,19,20);2-5,10H,1H3,(H,16,17);1-3,9H,(H,17,18);1-3,9,17H,(H,18,19). The Kier molecular flexibility index (Phi) is 30.9. The number of phenolic OH excluding ortho intramolecular Hbond substituents is 1. The molecule has 6 aliphatic rings. The number of carboxylic acid groups (broad SMARTS) is 6. The highest BCUT2D eigenvalue weighted by Gasteiger charge is 2.54. The second-order valence-electron chi connectivity index (χ2n) is 28.1. The Labute approximate surface area is 740 Å². The molecule has 6 unspecified atom stereocenters. The minimum Gasteiger partial charge on any atom is -0.508 e. The molecule has 0 saturated heterocycles. The molecule has 0 radical (unpaired) electrons. The number of carboxylic acids is 6. The number of ether oxygens (including phenoxy) is 2. The van der Waals surface area contributed by atoms with E-state index < -0.39 is 158 Å². The number of thioether (sulfide) groups is 4. The van der Waals surface area contributed by atoms with Gasteiger partial charge in [0.2, 0.25) is 12.2 Å². The number of aromatic hydroxyl groups is 1. The number of carbonyl (C=O) groups is 7. The van der Waals surface area contributed by atoms with Crippen LogP contribution in [0.1, 0.15) is 81.2 Å². The van der Waals surface area contributed by atoms with Gasteiger partial charge in [-0.2, -0.15) is 79.0 Å². The maximum atomic E-state index is 13.4. The lowest BCUT2D eigenvalue weighted by Gasteiger charge is -2.30. The molecule has 678 valence electrons. The highest BCUT2D eigenvalue weighted by molar-refractivity contribution is 8.01. The number of anilines is 1. The SMILES string of the molecule is CC(C)(C)c1ccc2c(c1)C=C(C(=O)O)C(C(F)(F)F)S2.CSc1ccc2c(c1)C=C(C(=O)O)C(C(F)(F)F)S2.O=C(O)C1=C(c2ccccc2)c2cc(Cl)ccc2OC1C(F)(F)F.O=C(O)C1=Cc2cc(C(=O)c3ccc(O)cc3)ccc2OC1C(F)(F)F.O=C(O)C1=Cc2cc(Cl)cc(Cl)c2SC1C(F)(F)F.O=C(O)C1=Cc2cc(F)c(F)cc2NC1C(F)(F)F. The van der Waals surface area contributed by atoms with Gasteiger partial charge in [0, 0.05) is 74.8 Å². The van der Waals surface area contributed by atoms with E-state index in [9.17, 15) is 132 Å². The van der Waals surface area contributed by atoms with Gasteiger partial charge < -0.3 is 50.5 Å². The fourth-order valence-corrected chi connectivity index (χ4v) is 16.9. The van der Waals surface area contributed by atoms with E-state index in [4.69, 9.17) is 69.8 Å². The first kappa shape index (κ1) is 101. The van der Waals surface area contributed by atoms with Crippen molar-refractivity contribution in [1.82, 2.24) is 0 Å². The summed E-state index contributed by atoms with van der Waals surface area (Å²) in [7, 11) is 0. The van der Waals surface area contributed by atoms with E-state index in [0.29, 0.717) is 80.0 Å². The molecule has 0 aliphatic carbocycles.